The molecule has 0 aliphatic carbocycles. The summed E-state index contributed by atoms with van der Waals surface area (Å²) in [6.07, 6.45) is 1.50. The zero-order valence-electron chi connectivity index (χ0n) is 17.6. The molecule has 32 heavy (non-hydrogen) atoms. The fraction of sp³-hybridized carbons (Fsp3) is 0.286. The summed E-state index contributed by atoms with van der Waals surface area (Å²) in [6.45, 7) is 4.56. The molecule has 1 amide bonds. The first-order valence-electron chi connectivity index (χ1n) is 9.73. The molecule has 0 atom stereocenters. The number of aromatic amines is 1. The van der Waals surface area contributed by atoms with E-state index in [0.717, 1.165) is 11.3 Å². The lowest BCUT2D eigenvalue weighted by Crippen LogP contribution is -2.21. The van der Waals surface area contributed by atoms with E-state index in [4.69, 9.17) is 14.2 Å². The molecule has 0 saturated carbocycles. The lowest BCUT2D eigenvalue weighted by Gasteiger charge is -2.08. The van der Waals surface area contributed by atoms with Gasteiger partial charge in [-0.15, -0.1) is 11.3 Å². The molecule has 2 N–H and O–H groups in total. The molecule has 0 fully saturated rings. The van der Waals surface area contributed by atoms with Crippen LogP contribution in [0.5, 0.6) is 0 Å². The number of ether oxygens (including phenoxy) is 3. The first-order chi connectivity index (χ1) is 15.3. The summed E-state index contributed by atoms with van der Waals surface area (Å²) in [6, 6.07) is 4.76. The van der Waals surface area contributed by atoms with Gasteiger partial charge in [-0.3, -0.25) is 4.79 Å². The van der Waals surface area contributed by atoms with E-state index in [0.29, 0.717) is 16.6 Å². The number of imidazole rings is 1. The maximum Gasteiger partial charge on any atom is 0.348 e. The summed E-state index contributed by atoms with van der Waals surface area (Å²) in [5.74, 6) is -2.67. The highest BCUT2D eigenvalue weighted by molar-refractivity contribution is 7.18. The SMILES string of the molecule is CCOC(=O)c1sc(NC(=O)COC(=O)c2ccc3nc[nH]c3c2)c(C(=O)OCC)c1C. The van der Waals surface area contributed by atoms with Crippen molar-refractivity contribution in [1.29, 1.82) is 0 Å². The first kappa shape index (κ1) is 22.9. The molecule has 3 aromatic rings. The minimum absolute atomic E-state index is 0.0595. The van der Waals surface area contributed by atoms with Gasteiger partial charge in [-0.1, -0.05) is 0 Å². The average molecular weight is 459 g/mol. The number of nitrogens with one attached hydrogen (secondary N) is 2. The molecule has 0 radical (unpaired) electrons. The number of carbonyl (C=O) groups excluding carboxylic acids is 4. The average Bonchev–Trinajstić information content (AvgIpc) is 3.36. The number of benzene rings is 1. The Hall–Kier alpha value is -3.73. The Bertz CT molecular complexity index is 1180. The van der Waals surface area contributed by atoms with Gasteiger partial charge >= 0.3 is 17.9 Å². The zero-order chi connectivity index (χ0) is 23.3. The standard InChI is InChI=1S/C21H21N3O7S/c1-4-29-20(27)16-11(3)17(21(28)30-5-2)32-18(16)24-15(25)9-31-19(26)12-6-7-13-14(8-12)23-10-22-13/h6-8,10H,4-5,9H2,1-3H3,(H,22,23)(H,24,25). The molecule has 2 heterocycles. The van der Waals surface area contributed by atoms with Gasteiger partial charge in [-0.25, -0.2) is 19.4 Å². The van der Waals surface area contributed by atoms with E-state index >= 15 is 0 Å². The number of rotatable bonds is 8. The van der Waals surface area contributed by atoms with Crippen LogP contribution >= 0.6 is 11.3 Å². The van der Waals surface area contributed by atoms with Crippen LogP contribution in [0.25, 0.3) is 11.0 Å². The topological polar surface area (TPSA) is 137 Å². The van der Waals surface area contributed by atoms with Crippen LogP contribution in [0, 0.1) is 6.92 Å². The number of esters is 3. The van der Waals surface area contributed by atoms with Crippen molar-refractivity contribution in [3.05, 3.63) is 46.1 Å². The molecular weight excluding hydrogens is 438 g/mol. The number of H-pyrrole nitrogens is 1. The van der Waals surface area contributed by atoms with E-state index < -0.39 is 30.4 Å². The number of nitrogens with zero attached hydrogens (tertiary/aromatic N) is 1. The second-order valence-electron chi connectivity index (χ2n) is 6.46. The summed E-state index contributed by atoms with van der Waals surface area (Å²) >= 11 is 0.891. The van der Waals surface area contributed by atoms with Crippen molar-refractivity contribution >= 4 is 51.2 Å². The van der Waals surface area contributed by atoms with E-state index in [1.807, 2.05) is 0 Å². The Kier molecular flexibility index (Phi) is 7.21. The van der Waals surface area contributed by atoms with Crippen molar-refractivity contribution in [2.24, 2.45) is 0 Å². The van der Waals surface area contributed by atoms with Crippen LogP contribution in [0.4, 0.5) is 5.00 Å². The highest BCUT2D eigenvalue weighted by Gasteiger charge is 2.27. The van der Waals surface area contributed by atoms with E-state index in [1.54, 1.807) is 32.9 Å². The van der Waals surface area contributed by atoms with E-state index in [9.17, 15) is 19.2 Å². The van der Waals surface area contributed by atoms with E-state index in [-0.39, 0.29) is 34.2 Å². The fourth-order valence-corrected chi connectivity index (χ4v) is 3.99. The van der Waals surface area contributed by atoms with Crippen LogP contribution in [0.3, 0.4) is 0 Å². The molecule has 0 saturated heterocycles. The van der Waals surface area contributed by atoms with Gasteiger partial charge in [-0.2, -0.15) is 0 Å². The van der Waals surface area contributed by atoms with Crippen LogP contribution in [0.15, 0.2) is 24.5 Å². The van der Waals surface area contributed by atoms with Gasteiger partial charge in [0, 0.05) is 0 Å². The predicted octanol–water partition coefficient (Wildman–Crippen LogP) is 3.08. The third kappa shape index (κ3) is 4.94. The minimum atomic E-state index is -0.697. The molecule has 0 spiro atoms. The Balaban J connectivity index is 1.72. The molecule has 0 bridgehead atoms. The highest BCUT2D eigenvalue weighted by atomic mass is 32.1. The number of carbonyl (C=O) groups is 4. The van der Waals surface area contributed by atoms with Gasteiger partial charge < -0.3 is 24.5 Å². The smallest absolute Gasteiger partial charge is 0.348 e. The summed E-state index contributed by atoms with van der Waals surface area (Å²) in [5, 5.41) is 2.63. The molecule has 0 aliphatic heterocycles. The van der Waals surface area contributed by atoms with Gasteiger partial charge in [0.1, 0.15) is 9.88 Å². The van der Waals surface area contributed by atoms with Gasteiger partial charge in [0.2, 0.25) is 0 Å². The van der Waals surface area contributed by atoms with Crippen molar-refractivity contribution in [3.63, 3.8) is 0 Å². The highest BCUT2D eigenvalue weighted by Crippen LogP contribution is 2.34. The molecule has 0 unspecified atom stereocenters. The third-order valence-corrected chi connectivity index (χ3v) is 5.52. The Morgan fingerprint density at radius 2 is 1.75 bits per heavy atom. The number of hydrogen-bond donors (Lipinski definition) is 2. The second-order valence-corrected chi connectivity index (χ2v) is 7.48. The fourth-order valence-electron chi connectivity index (χ4n) is 2.88. The normalized spacial score (nSPS) is 10.6. The Morgan fingerprint density at radius 1 is 1.03 bits per heavy atom. The van der Waals surface area contributed by atoms with E-state index in [1.165, 1.54) is 12.4 Å². The summed E-state index contributed by atoms with van der Waals surface area (Å²) in [5.41, 5.74) is 1.99. The molecule has 11 heteroatoms. The molecule has 10 nitrogen and oxygen atoms in total. The van der Waals surface area contributed by atoms with E-state index in [2.05, 4.69) is 15.3 Å². The maximum atomic E-state index is 12.4. The lowest BCUT2D eigenvalue weighted by atomic mass is 10.1. The van der Waals surface area contributed by atoms with Crippen LogP contribution in [0.1, 0.15) is 49.8 Å². The summed E-state index contributed by atoms with van der Waals surface area (Å²) < 4.78 is 15.1. The van der Waals surface area contributed by atoms with Crippen LogP contribution in [0.2, 0.25) is 0 Å². The van der Waals surface area contributed by atoms with Crippen LogP contribution in [-0.4, -0.2) is 53.6 Å². The van der Waals surface area contributed by atoms with Gasteiger partial charge in [0.15, 0.2) is 6.61 Å². The van der Waals surface area contributed by atoms with Crippen molar-refractivity contribution in [2.45, 2.75) is 20.8 Å². The van der Waals surface area contributed by atoms with Crippen LogP contribution < -0.4 is 5.32 Å². The second kappa shape index (κ2) is 10.1. The van der Waals surface area contributed by atoms with Crippen molar-refractivity contribution in [1.82, 2.24) is 9.97 Å². The van der Waals surface area contributed by atoms with Gasteiger partial charge in [0.25, 0.3) is 5.91 Å². The first-order valence-corrected chi connectivity index (χ1v) is 10.5. The molecule has 1 aromatic carbocycles. The molecule has 0 aliphatic rings. The number of thiophene rings is 1. The Labute approximate surface area is 186 Å². The number of anilines is 1. The zero-order valence-corrected chi connectivity index (χ0v) is 18.5. The largest absolute Gasteiger partial charge is 0.462 e. The van der Waals surface area contributed by atoms with Crippen molar-refractivity contribution in [3.8, 4) is 0 Å². The van der Waals surface area contributed by atoms with Gasteiger partial charge in [-0.05, 0) is 44.5 Å². The number of amides is 1. The maximum absolute atomic E-state index is 12.4. The number of fused-ring (bicyclic) bond motifs is 1. The summed E-state index contributed by atoms with van der Waals surface area (Å²) in [4.78, 5) is 56.4. The lowest BCUT2D eigenvalue weighted by molar-refractivity contribution is -0.119. The minimum Gasteiger partial charge on any atom is -0.462 e. The molecule has 3 rings (SSSR count). The monoisotopic (exact) mass is 459 g/mol. The molecule has 168 valence electrons. The Morgan fingerprint density at radius 3 is 2.47 bits per heavy atom. The summed E-state index contributed by atoms with van der Waals surface area (Å²) in [7, 11) is 0. The number of hydrogen-bond acceptors (Lipinski definition) is 9. The number of aromatic nitrogens is 2. The van der Waals surface area contributed by atoms with Crippen molar-refractivity contribution < 1.29 is 33.4 Å². The van der Waals surface area contributed by atoms with Gasteiger partial charge in [0.05, 0.1) is 41.7 Å². The molecule has 2 aromatic heterocycles. The molecular formula is C21H21N3O7S. The quantitative estimate of drug-likeness (QED) is 0.387. The predicted molar refractivity (Wildman–Crippen MR) is 116 cm³/mol. The van der Waals surface area contributed by atoms with Crippen LogP contribution in [-0.2, 0) is 19.0 Å². The van der Waals surface area contributed by atoms with Crippen molar-refractivity contribution in [2.75, 3.05) is 25.1 Å². The third-order valence-electron chi connectivity index (χ3n) is 4.33.